The number of ether oxygens (including phenoxy) is 1. The molecule has 1 aliphatic rings. The Bertz CT molecular complexity index is 328. The Labute approximate surface area is 97.2 Å². The summed E-state index contributed by atoms with van der Waals surface area (Å²) in [6, 6.07) is 4.23. The van der Waals surface area contributed by atoms with Crippen molar-refractivity contribution in [2.24, 2.45) is 0 Å². The van der Waals surface area contributed by atoms with Crippen molar-refractivity contribution in [3.63, 3.8) is 0 Å². The maximum absolute atomic E-state index is 5.75. The third-order valence-corrected chi connectivity index (χ3v) is 3.45. The molecule has 0 spiro atoms. The Kier molecular flexibility index (Phi) is 3.56. The van der Waals surface area contributed by atoms with Crippen molar-refractivity contribution in [1.29, 1.82) is 0 Å². The van der Waals surface area contributed by atoms with Gasteiger partial charge in [-0.15, -0.1) is 0 Å². The van der Waals surface area contributed by atoms with E-state index in [-0.39, 0.29) is 5.60 Å². The first-order valence-corrected chi connectivity index (χ1v) is 5.91. The first-order chi connectivity index (χ1) is 7.74. The second-order valence-corrected chi connectivity index (χ2v) is 4.62. The Hall–Kier alpha value is -0.930. The lowest BCUT2D eigenvalue weighted by Gasteiger charge is -2.36. The normalized spacial score (nSPS) is 19.6. The zero-order valence-corrected chi connectivity index (χ0v) is 10.1. The first-order valence-electron chi connectivity index (χ1n) is 5.91. The fourth-order valence-corrected chi connectivity index (χ4v) is 2.31. The summed E-state index contributed by atoms with van der Waals surface area (Å²) in [5.74, 6) is 0. The Morgan fingerprint density at radius 1 is 1.38 bits per heavy atom. The standard InChI is InChI=1S/C13H20N2O/c1-11-3-4-12(10-15-11)9-13(16-2)5-7-14-8-6-13/h3-4,10,14H,5-9H2,1-2H3. The molecule has 0 aromatic carbocycles. The number of hydrogen-bond donors (Lipinski definition) is 1. The summed E-state index contributed by atoms with van der Waals surface area (Å²) in [6.07, 6.45) is 5.10. The lowest BCUT2D eigenvalue weighted by molar-refractivity contribution is -0.0334. The summed E-state index contributed by atoms with van der Waals surface area (Å²) in [4.78, 5) is 4.34. The quantitative estimate of drug-likeness (QED) is 0.842. The van der Waals surface area contributed by atoms with Crippen molar-refractivity contribution in [3.05, 3.63) is 29.6 Å². The van der Waals surface area contributed by atoms with Gasteiger partial charge in [-0.3, -0.25) is 4.98 Å². The Balaban J connectivity index is 2.08. The molecule has 88 valence electrons. The molecule has 16 heavy (non-hydrogen) atoms. The molecule has 1 saturated heterocycles. The molecule has 0 saturated carbocycles. The highest BCUT2D eigenvalue weighted by molar-refractivity contribution is 5.16. The molecule has 0 amide bonds. The van der Waals surface area contributed by atoms with Crippen LogP contribution in [0, 0.1) is 6.92 Å². The van der Waals surface area contributed by atoms with Crippen molar-refractivity contribution in [1.82, 2.24) is 10.3 Å². The third kappa shape index (κ3) is 2.60. The van der Waals surface area contributed by atoms with Crippen LogP contribution in [0.1, 0.15) is 24.1 Å². The highest BCUT2D eigenvalue weighted by Gasteiger charge is 2.31. The summed E-state index contributed by atoms with van der Waals surface area (Å²) < 4.78 is 5.75. The maximum atomic E-state index is 5.75. The van der Waals surface area contributed by atoms with Crippen molar-refractivity contribution in [2.75, 3.05) is 20.2 Å². The van der Waals surface area contributed by atoms with Crippen LogP contribution < -0.4 is 5.32 Å². The van der Waals surface area contributed by atoms with Gasteiger partial charge in [0.1, 0.15) is 0 Å². The molecule has 0 radical (unpaired) electrons. The molecule has 0 aliphatic carbocycles. The number of rotatable bonds is 3. The van der Waals surface area contributed by atoms with Crippen LogP contribution in [0.5, 0.6) is 0 Å². The van der Waals surface area contributed by atoms with E-state index in [0.717, 1.165) is 38.0 Å². The van der Waals surface area contributed by atoms with E-state index in [1.54, 1.807) is 0 Å². The van der Waals surface area contributed by atoms with Crippen LogP contribution in [0.3, 0.4) is 0 Å². The van der Waals surface area contributed by atoms with Crippen LogP contribution in [0.4, 0.5) is 0 Å². The number of hydrogen-bond acceptors (Lipinski definition) is 3. The number of aryl methyl sites for hydroxylation is 1. The van der Waals surface area contributed by atoms with E-state index in [1.165, 1.54) is 5.56 Å². The van der Waals surface area contributed by atoms with E-state index in [0.29, 0.717) is 0 Å². The monoisotopic (exact) mass is 220 g/mol. The van der Waals surface area contributed by atoms with Crippen LogP contribution in [0.2, 0.25) is 0 Å². The summed E-state index contributed by atoms with van der Waals surface area (Å²) in [7, 11) is 1.83. The molecule has 0 bridgehead atoms. The molecule has 3 nitrogen and oxygen atoms in total. The van der Waals surface area contributed by atoms with Gasteiger partial charge >= 0.3 is 0 Å². The molecule has 2 rings (SSSR count). The van der Waals surface area contributed by atoms with Gasteiger partial charge in [0, 0.05) is 25.4 Å². The molecule has 1 fully saturated rings. The van der Waals surface area contributed by atoms with Crippen LogP contribution in [0.25, 0.3) is 0 Å². The summed E-state index contributed by atoms with van der Waals surface area (Å²) in [5.41, 5.74) is 2.36. The lowest BCUT2D eigenvalue weighted by Crippen LogP contribution is -2.45. The van der Waals surface area contributed by atoms with Gasteiger partial charge in [0.25, 0.3) is 0 Å². The molecule has 0 atom stereocenters. The number of pyridine rings is 1. The number of nitrogens with one attached hydrogen (secondary N) is 1. The highest BCUT2D eigenvalue weighted by atomic mass is 16.5. The van der Waals surface area contributed by atoms with Crippen LogP contribution in [0.15, 0.2) is 18.3 Å². The maximum Gasteiger partial charge on any atom is 0.0743 e. The van der Waals surface area contributed by atoms with Gasteiger partial charge in [0.2, 0.25) is 0 Å². The predicted octanol–water partition coefficient (Wildman–Crippen LogP) is 1.70. The zero-order valence-electron chi connectivity index (χ0n) is 10.1. The minimum atomic E-state index is 0.0161. The van der Waals surface area contributed by atoms with E-state index in [2.05, 4.69) is 22.4 Å². The fourth-order valence-electron chi connectivity index (χ4n) is 2.31. The predicted molar refractivity (Wildman–Crippen MR) is 64.5 cm³/mol. The number of piperidine rings is 1. The van der Waals surface area contributed by atoms with E-state index in [1.807, 2.05) is 20.2 Å². The second-order valence-electron chi connectivity index (χ2n) is 4.62. The molecule has 0 unspecified atom stereocenters. The lowest BCUT2D eigenvalue weighted by atomic mass is 9.86. The average molecular weight is 220 g/mol. The van der Waals surface area contributed by atoms with Crippen molar-refractivity contribution in [2.45, 2.75) is 31.8 Å². The van der Waals surface area contributed by atoms with Gasteiger partial charge in [-0.05, 0) is 44.5 Å². The fraction of sp³-hybridized carbons (Fsp3) is 0.615. The van der Waals surface area contributed by atoms with E-state index >= 15 is 0 Å². The van der Waals surface area contributed by atoms with Gasteiger partial charge in [-0.25, -0.2) is 0 Å². The minimum Gasteiger partial charge on any atom is -0.378 e. The summed E-state index contributed by atoms with van der Waals surface area (Å²) >= 11 is 0. The van der Waals surface area contributed by atoms with Crippen LogP contribution in [-0.4, -0.2) is 30.8 Å². The molecule has 1 aromatic rings. The average Bonchev–Trinajstić information content (AvgIpc) is 2.33. The van der Waals surface area contributed by atoms with Crippen LogP contribution >= 0.6 is 0 Å². The topological polar surface area (TPSA) is 34.1 Å². The number of methoxy groups -OCH3 is 1. The molecule has 3 heteroatoms. The summed E-state index contributed by atoms with van der Waals surface area (Å²) in [6.45, 7) is 4.11. The molecular weight excluding hydrogens is 200 g/mol. The molecular formula is C13H20N2O. The van der Waals surface area contributed by atoms with E-state index in [4.69, 9.17) is 4.74 Å². The van der Waals surface area contributed by atoms with Gasteiger partial charge in [0.05, 0.1) is 5.60 Å². The zero-order chi connectivity index (χ0) is 11.4. The Morgan fingerprint density at radius 2 is 2.12 bits per heavy atom. The van der Waals surface area contributed by atoms with Crippen molar-refractivity contribution in [3.8, 4) is 0 Å². The SMILES string of the molecule is COC1(Cc2ccc(C)nc2)CCNCC1. The molecule has 1 aliphatic heterocycles. The first kappa shape index (κ1) is 11.6. The van der Waals surface area contributed by atoms with E-state index in [9.17, 15) is 0 Å². The van der Waals surface area contributed by atoms with Gasteiger partial charge in [-0.2, -0.15) is 0 Å². The highest BCUT2D eigenvalue weighted by Crippen LogP contribution is 2.26. The number of aromatic nitrogens is 1. The summed E-state index contributed by atoms with van der Waals surface area (Å²) in [5, 5.41) is 3.37. The Morgan fingerprint density at radius 3 is 2.69 bits per heavy atom. The van der Waals surface area contributed by atoms with Crippen LogP contribution in [-0.2, 0) is 11.2 Å². The minimum absolute atomic E-state index is 0.0161. The van der Waals surface area contributed by atoms with Gasteiger partial charge in [0.15, 0.2) is 0 Å². The van der Waals surface area contributed by atoms with Gasteiger partial charge in [-0.1, -0.05) is 6.07 Å². The molecule has 2 heterocycles. The number of nitrogens with zero attached hydrogens (tertiary/aromatic N) is 1. The van der Waals surface area contributed by atoms with Crippen molar-refractivity contribution < 1.29 is 4.74 Å². The largest absolute Gasteiger partial charge is 0.378 e. The third-order valence-electron chi connectivity index (χ3n) is 3.45. The smallest absolute Gasteiger partial charge is 0.0743 e. The molecule has 1 aromatic heterocycles. The van der Waals surface area contributed by atoms with Crippen molar-refractivity contribution >= 4 is 0 Å². The second kappa shape index (κ2) is 4.93. The van der Waals surface area contributed by atoms with Gasteiger partial charge < -0.3 is 10.1 Å². The molecule has 1 N–H and O–H groups in total. The van der Waals surface area contributed by atoms with E-state index < -0.39 is 0 Å².